The molecule has 2 aromatic heterocycles. The van der Waals surface area contributed by atoms with E-state index >= 15 is 0 Å². The summed E-state index contributed by atoms with van der Waals surface area (Å²) in [4.78, 5) is 18.1. The van der Waals surface area contributed by atoms with Crippen LogP contribution < -0.4 is 20.7 Å². The third-order valence-corrected chi connectivity index (χ3v) is 6.67. The molecule has 1 aliphatic rings. The van der Waals surface area contributed by atoms with Gasteiger partial charge in [0.05, 0.1) is 36.6 Å². The average Bonchev–Trinajstić information content (AvgIpc) is 3.31. The second-order valence-corrected chi connectivity index (χ2v) is 9.43. The van der Waals surface area contributed by atoms with Crippen LogP contribution in [0, 0.1) is 11.8 Å². The highest BCUT2D eigenvalue weighted by molar-refractivity contribution is 6.00. The van der Waals surface area contributed by atoms with Gasteiger partial charge in [0.25, 0.3) is 5.91 Å². The zero-order chi connectivity index (χ0) is 29.9. The Hall–Kier alpha value is -4.12. The molecule has 0 radical (unpaired) electrons. The predicted octanol–water partition coefficient (Wildman–Crippen LogP) is 4.27. The van der Waals surface area contributed by atoms with E-state index in [4.69, 9.17) is 4.74 Å². The number of nitrogens with one attached hydrogen (secondary N) is 3. The second kappa shape index (κ2) is 11.8. The molecule has 3 aromatic rings. The van der Waals surface area contributed by atoms with Crippen molar-refractivity contribution in [2.24, 2.45) is 0 Å². The van der Waals surface area contributed by atoms with Gasteiger partial charge in [0.1, 0.15) is 23.3 Å². The van der Waals surface area contributed by atoms with Crippen molar-refractivity contribution in [1.82, 2.24) is 19.6 Å². The molecule has 3 N–H and O–H groups in total. The molecule has 1 fully saturated rings. The summed E-state index contributed by atoms with van der Waals surface area (Å²) < 4.78 is 90.8. The molecule has 220 valence electrons. The third-order valence-electron chi connectivity index (χ3n) is 6.67. The normalized spacial score (nSPS) is 18.0. The summed E-state index contributed by atoms with van der Waals surface area (Å²) in [5.74, 6) is -0.609. The molecule has 0 spiro atoms. The molecule has 1 saturated heterocycles. The number of halogens is 6. The van der Waals surface area contributed by atoms with Crippen molar-refractivity contribution in [2.75, 3.05) is 51.5 Å². The molecule has 0 aliphatic carbocycles. The molecular formula is C27H28F6N6O2. The fourth-order valence-electron chi connectivity index (χ4n) is 4.59. The van der Waals surface area contributed by atoms with Gasteiger partial charge in [-0.25, -0.2) is 9.37 Å². The summed E-state index contributed by atoms with van der Waals surface area (Å²) in [6.07, 6.45) is -5.80. The smallest absolute Gasteiger partial charge is 0.459 e. The first kappa shape index (κ1) is 29.9. The molecule has 8 nitrogen and oxygen atoms in total. The Morgan fingerprint density at radius 3 is 2.61 bits per heavy atom. The maximum absolute atomic E-state index is 14.8. The number of rotatable bonds is 7. The van der Waals surface area contributed by atoms with E-state index in [0.717, 1.165) is 6.20 Å². The molecule has 1 amide bonds. The van der Waals surface area contributed by atoms with Gasteiger partial charge in [0, 0.05) is 26.3 Å². The van der Waals surface area contributed by atoms with Crippen molar-refractivity contribution >= 4 is 22.9 Å². The van der Waals surface area contributed by atoms with Crippen LogP contribution in [0.5, 0.6) is 5.75 Å². The molecule has 1 aliphatic heterocycles. The standard InChI is InChI=1S/C27H28F6N6O2/c1-34-25(40)16-7-4-10-21(41-3)22(16)35-12-5-8-19-23(26(29,30)27(31,32)33)39-13-6-9-20(24(39)37-19)36-18-11-14-38(2)15-17(18)28/h4,6-7,9-10,13,17-18,35-36H,11-12,14-15H2,1-3H3,(H,34,40)/t17-,18+/m0/s1. The van der Waals surface area contributed by atoms with Gasteiger partial charge in [-0.15, -0.1) is 0 Å². The number of methoxy groups -OCH3 is 1. The Morgan fingerprint density at radius 2 is 1.95 bits per heavy atom. The lowest BCUT2D eigenvalue weighted by Gasteiger charge is -2.33. The van der Waals surface area contributed by atoms with E-state index in [2.05, 4.69) is 32.8 Å². The maximum Gasteiger partial charge on any atom is 0.459 e. The fourth-order valence-corrected chi connectivity index (χ4v) is 4.59. The quantitative estimate of drug-likeness (QED) is 0.285. The predicted molar refractivity (Wildman–Crippen MR) is 141 cm³/mol. The van der Waals surface area contributed by atoms with Gasteiger partial charge in [-0.1, -0.05) is 12.0 Å². The summed E-state index contributed by atoms with van der Waals surface area (Å²) >= 11 is 0. The van der Waals surface area contributed by atoms with Gasteiger partial charge >= 0.3 is 12.1 Å². The third kappa shape index (κ3) is 6.00. The SMILES string of the molecule is CNC(=O)c1cccc(OC)c1NCC#Cc1nc2c(N[C@@H]3CCN(C)C[C@@H]3F)cccn2c1C(F)(F)C(F)(F)F. The topological polar surface area (TPSA) is 82.9 Å². The van der Waals surface area contributed by atoms with Crippen molar-refractivity contribution in [3.05, 3.63) is 53.5 Å². The van der Waals surface area contributed by atoms with E-state index in [0.29, 0.717) is 23.1 Å². The molecule has 0 saturated carbocycles. The summed E-state index contributed by atoms with van der Waals surface area (Å²) in [6, 6.07) is 6.70. The number of pyridine rings is 1. The van der Waals surface area contributed by atoms with Crippen LogP contribution in [0.2, 0.25) is 0 Å². The number of anilines is 2. The highest BCUT2D eigenvalue weighted by atomic mass is 19.4. The number of para-hydroxylation sites is 1. The number of likely N-dealkylation sites (tertiary alicyclic amines) is 1. The Balaban J connectivity index is 1.72. The van der Waals surface area contributed by atoms with Crippen molar-refractivity contribution in [2.45, 2.75) is 30.7 Å². The Bertz CT molecular complexity index is 1480. The second-order valence-electron chi connectivity index (χ2n) is 9.43. The van der Waals surface area contributed by atoms with Crippen molar-refractivity contribution in [3.8, 4) is 17.6 Å². The number of carbonyl (C=O) groups excluding carboxylic acids is 1. The summed E-state index contributed by atoms with van der Waals surface area (Å²) in [5.41, 5.74) is -1.94. The molecule has 3 heterocycles. The van der Waals surface area contributed by atoms with Gasteiger partial charge in [-0.3, -0.25) is 9.20 Å². The number of nitrogens with zero attached hydrogens (tertiary/aromatic N) is 3. The van der Waals surface area contributed by atoms with E-state index in [1.54, 1.807) is 24.1 Å². The molecule has 14 heteroatoms. The first-order chi connectivity index (χ1) is 19.4. The van der Waals surface area contributed by atoms with Gasteiger partial charge in [-0.05, 0) is 43.7 Å². The van der Waals surface area contributed by atoms with Crippen LogP contribution in [0.25, 0.3) is 5.65 Å². The number of amides is 1. The Morgan fingerprint density at radius 1 is 1.20 bits per heavy atom. The van der Waals surface area contributed by atoms with E-state index < -0.39 is 41.6 Å². The molecule has 41 heavy (non-hydrogen) atoms. The first-order valence-electron chi connectivity index (χ1n) is 12.6. The van der Waals surface area contributed by atoms with E-state index in [1.807, 2.05) is 0 Å². The lowest BCUT2D eigenvalue weighted by molar-refractivity contribution is -0.291. The number of imidazole rings is 1. The van der Waals surface area contributed by atoms with Crippen LogP contribution >= 0.6 is 0 Å². The number of carbonyl (C=O) groups is 1. The monoisotopic (exact) mass is 582 g/mol. The highest BCUT2D eigenvalue weighted by Crippen LogP contribution is 2.45. The van der Waals surface area contributed by atoms with Crippen molar-refractivity contribution < 1.29 is 35.9 Å². The largest absolute Gasteiger partial charge is 0.495 e. The Kier molecular flexibility index (Phi) is 8.58. The molecule has 2 atom stereocenters. The zero-order valence-corrected chi connectivity index (χ0v) is 22.4. The molecular weight excluding hydrogens is 554 g/mol. The lowest BCUT2D eigenvalue weighted by Crippen LogP contribution is -2.46. The van der Waals surface area contributed by atoms with Crippen molar-refractivity contribution in [1.29, 1.82) is 0 Å². The minimum atomic E-state index is -5.93. The number of benzene rings is 1. The number of fused-ring (bicyclic) bond motifs is 1. The first-order valence-corrected chi connectivity index (χ1v) is 12.6. The number of hydrogen-bond acceptors (Lipinski definition) is 6. The minimum absolute atomic E-state index is 0.0966. The summed E-state index contributed by atoms with van der Waals surface area (Å²) in [5, 5.41) is 8.25. The lowest BCUT2D eigenvalue weighted by atomic mass is 10.0. The average molecular weight is 583 g/mol. The van der Waals surface area contributed by atoms with Crippen LogP contribution in [0.3, 0.4) is 0 Å². The van der Waals surface area contributed by atoms with E-state index in [9.17, 15) is 31.1 Å². The van der Waals surface area contributed by atoms with Crippen LogP contribution in [0.4, 0.5) is 37.7 Å². The Labute approximate surface area is 232 Å². The van der Waals surface area contributed by atoms with E-state index in [1.165, 1.54) is 32.4 Å². The van der Waals surface area contributed by atoms with Gasteiger partial charge in [0.15, 0.2) is 5.65 Å². The van der Waals surface area contributed by atoms with Gasteiger partial charge < -0.3 is 25.6 Å². The van der Waals surface area contributed by atoms with Gasteiger partial charge in [0.2, 0.25) is 0 Å². The van der Waals surface area contributed by atoms with Crippen LogP contribution in [0.1, 0.15) is 28.2 Å². The van der Waals surface area contributed by atoms with Gasteiger partial charge in [-0.2, -0.15) is 22.0 Å². The van der Waals surface area contributed by atoms with Crippen LogP contribution in [-0.4, -0.2) is 79.4 Å². The maximum atomic E-state index is 14.8. The number of hydrogen-bond donors (Lipinski definition) is 3. The van der Waals surface area contributed by atoms with Crippen LogP contribution in [-0.2, 0) is 5.92 Å². The molecule has 0 unspecified atom stereocenters. The fraction of sp³-hybridized carbons (Fsp3) is 0.407. The molecule has 4 rings (SSSR count). The number of alkyl halides is 6. The zero-order valence-electron chi connectivity index (χ0n) is 22.4. The highest BCUT2D eigenvalue weighted by Gasteiger charge is 2.61. The van der Waals surface area contributed by atoms with Crippen molar-refractivity contribution in [3.63, 3.8) is 0 Å². The van der Waals surface area contributed by atoms with E-state index in [-0.39, 0.29) is 35.7 Å². The van der Waals surface area contributed by atoms with Crippen LogP contribution in [0.15, 0.2) is 36.5 Å². The molecule has 0 bridgehead atoms. The number of ether oxygens (including phenoxy) is 1. The number of aromatic nitrogens is 2. The minimum Gasteiger partial charge on any atom is -0.495 e. The molecule has 1 aromatic carbocycles. The summed E-state index contributed by atoms with van der Waals surface area (Å²) in [6.45, 7) is 0.467. The summed E-state index contributed by atoms with van der Waals surface area (Å²) in [7, 11) is 4.57. The number of piperidine rings is 1.